The maximum atomic E-state index is 11.5. The second-order valence-electron chi connectivity index (χ2n) is 4.51. The predicted molar refractivity (Wildman–Crippen MR) is 89.1 cm³/mol. The molecule has 21 heavy (non-hydrogen) atoms. The smallest absolute Gasteiger partial charge is 0.239 e. The molecule has 0 aliphatic carbocycles. The summed E-state index contributed by atoms with van der Waals surface area (Å²) in [7, 11) is 0. The van der Waals surface area contributed by atoms with Crippen LogP contribution in [0.2, 0.25) is 0 Å². The van der Waals surface area contributed by atoms with Crippen LogP contribution < -0.4 is 16.4 Å². The summed E-state index contributed by atoms with van der Waals surface area (Å²) in [5.41, 5.74) is 5.66. The summed E-state index contributed by atoms with van der Waals surface area (Å²) in [6.07, 6.45) is 2.43. The predicted octanol–water partition coefficient (Wildman–Crippen LogP) is 0.745. The number of carbonyl (C=O) groups excluding carboxylic acids is 2. The number of amides is 2. The van der Waals surface area contributed by atoms with E-state index in [9.17, 15) is 9.59 Å². The Labute approximate surface area is 141 Å². The minimum atomic E-state index is -0.580. The van der Waals surface area contributed by atoms with Gasteiger partial charge in [-0.1, -0.05) is 13.8 Å². The van der Waals surface area contributed by atoms with Gasteiger partial charge in [0.2, 0.25) is 11.8 Å². The fraction of sp³-hybridized carbons (Fsp3) is 0.583. The van der Waals surface area contributed by atoms with E-state index in [-0.39, 0.29) is 49.1 Å². The topological polar surface area (TPSA) is 97.1 Å². The zero-order valence-corrected chi connectivity index (χ0v) is 14.4. The van der Waals surface area contributed by atoms with Gasteiger partial charge < -0.3 is 16.4 Å². The summed E-state index contributed by atoms with van der Waals surface area (Å²) in [4.78, 5) is 27.1. The molecule has 1 aromatic rings. The first-order valence-corrected chi connectivity index (χ1v) is 7.07. The van der Waals surface area contributed by atoms with Crippen molar-refractivity contribution >= 4 is 48.0 Å². The van der Waals surface area contributed by atoms with Crippen molar-refractivity contribution in [1.82, 2.24) is 15.6 Å². The molecular formula is C12H22Cl2N4O2S. The van der Waals surface area contributed by atoms with E-state index in [1.165, 1.54) is 0 Å². The van der Waals surface area contributed by atoms with Crippen molar-refractivity contribution in [2.75, 3.05) is 13.1 Å². The molecule has 0 bridgehead atoms. The van der Waals surface area contributed by atoms with Crippen LogP contribution in [0, 0.1) is 5.92 Å². The van der Waals surface area contributed by atoms with Crippen LogP contribution in [-0.2, 0) is 16.0 Å². The molecule has 2 amide bonds. The van der Waals surface area contributed by atoms with Gasteiger partial charge in [0, 0.05) is 24.5 Å². The average Bonchev–Trinajstić information content (AvgIpc) is 2.88. The van der Waals surface area contributed by atoms with Crippen LogP contribution >= 0.6 is 36.2 Å². The molecule has 0 saturated heterocycles. The van der Waals surface area contributed by atoms with E-state index in [0.29, 0.717) is 13.0 Å². The number of thiazole rings is 1. The minimum absolute atomic E-state index is 0. The first-order chi connectivity index (χ1) is 9.00. The zero-order chi connectivity index (χ0) is 14.3. The third-order valence-electron chi connectivity index (χ3n) is 2.59. The second kappa shape index (κ2) is 11.7. The molecule has 1 rings (SSSR count). The molecule has 0 aromatic carbocycles. The van der Waals surface area contributed by atoms with Crippen molar-refractivity contribution in [3.8, 4) is 0 Å². The van der Waals surface area contributed by atoms with Crippen molar-refractivity contribution in [3.05, 3.63) is 16.6 Å². The van der Waals surface area contributed by atoms with Gasteiger partial charge in [-0.3, -0.25) is 9.59 Å². The molecule has 0 spiro atoms. The van der Waals surface area contributed by atoms with Crippen LogP contribution in [-0.4, -0.2) is 35.9 Å². The van der Waals surface area contributed by atoms with Crippen LogP contribution in [0.15, 0.2) is 11.6 Å². The van der Waals surface area contributed by atoms with Gasteiger partial charge in [-0.25, -0.2) is 4.98 Å². The van der Waals surface area contributed by atoms with Crippen LogP contribution in [0.25, 0.3) is 0 Å². The number of halogens is 2. The van der Waals surface area contributed by atoms with Crippen molar-refractivity contribution in [1.29, 1.82) is 0 Å². The van der Waals surface area contributed by atoms with Gasteiger partial charge in [0.05, 0.1) is 17.6 Å². The van der Waals surface area contributed by atoms with Gasteiger partial charge >= 0.3 is 0 Å². The molecule has 1 heterocycles. The Kier molecular flexibility index (Phi) is 12.5. The van der Waals surface area contributed by atoms with E-state index in [1.54, 1.807) is 17.5 Å². The van der Waals surface area contributed by atoms with Crippen LogP contribution in [0.1, 0.15) is 18.9 Å². The van der Waals surface area contributed by atoms with Crippen molar-refractivity contribution < 1.29 is 9.59 Å². The molecule has 1 atom stereocenters. The van der Waals surface area contributed by atoms with E-state index in [2.05, 4.69) is 15.6 Å². The number of nitrogens with two attached hydrogens (primary N) is 1. The lowest BCUT2D eigenvalue weighted by atomic mass is 10.1. The molecule has 0 radical (unpaired) electrons. The number of nitrogens with zero attached hydrogens (tertiary/aromatic N) is 1. The van der Waals surface area contributed by atoms with E-state index in [4.69, 9.17) is 5.73 Å². The van der Waals surface area contributed by atoms with Crippen LogP contribution in [0.5, 0.6) is 0 Å². The number of hydrogen-bond donors (Lipinski definition) is 3. The number of nitrogens with one attached hydrogen (secondary N) is 2. The first kappa shape index (κ1) is 22.4. The van der Waals surface area contributed by atoms with Crippen LogP contribution in [0.4, 0.5) is 0 Å². The van der Waals surface area contributed by atoms with Crippen LogP contribution in [0.3, 0.4) is 0 Å². The highest BCUT2D eigenvalue weighted by Crippen LogP contribution is 2.03. The van der Waals surface area contributed by atoms with E-state index in [0.717, 1.165) is 5.01 Å². The average molecular weight is 357 g/mol. The quantitative estimate of drug-likeness (QED) is 0.671. The normalized spacial score (nSPS) is 11.0. The molecule has 4 N–H and O–H groups in total. The number of aromatic nitrogens is 1. The Morgan fingerprint density at radius 1 is 1.33 bits per heavy atom. The summed E-state index contributed by atoms with van der Waals surface area (Å²) in [6, 6.07) is -0.580. The zero-order valence-electron chi connectivity index (χ0n) is 12.0. The Bertz CT molecular complexity index is 415. The summed E-state index contributed by atoms with van der Waals surface area (Å²) >= 11 is 1.55. The van der Waals surface area contributed by atoms with Crippen molar-refractivity contribution in [2.45, 2.75) is 26.3 Å². The molecule has 0 unspecified atom stereocenters. The number of rotatable bonds is 7. The largest absolute Gasteiger partial charge is 0.354 e. The first-order valence-electron chi connectivity index (χ1n) is 6.19. The SMILES string of the molecule is CC(C)[C@H](N)C(=O)NCC(=O)NCCc1nccs1.Cl.Cl. The van der Waals surface area contributed by atoms with Gasteiger partial charge in [0.25, 0.3) is 0 Å². The maximum absolute atomic E-state index is 11.5. The maximum Gasteiger partial charge on any atom is 0.239 e. The van der Waals surface area contributed by atoms with Gasteiger partial charge in [-0.2, -0.15) is 0 Å². The highest BCUT2D eigenvalue weighted by atomic mass is 35.5. The third-order valence-corrected chi connectivity index (χ3v) is 3.43. The second-order valence-corrected chi connectivity index (χ2v) is 5.49. The fourth-order valence-electron chi connectivity index (χ4n) is 1.34. The van der Waals surface area contributed by atoms with E-state index < -0.39 is 6.04 Å². The Hall–Kier alpha value is -0.890. The lowest BCUT2D eigenvalue weighted by Crippen LogP contribution is -2.47. The Morgan fingerprint density at radius 2 is 2.00 bits per heavy atom. The molecule has 9 heteroatoms. The lowest BCUT2D eigenvalue weighted by molar-refractivity contribution is -0.127. The van der Waals surface area contributed by atoms with Gasteiger partial charge in [0.15, 0.2) is 0 Å². The van der Waals surface area contributed by atoms with Crippen molar-refractivity contribution in [3.63, 3.8) is 0 Å². The minimum Gasteiger partial charge on any atom is -0.354 e. The summed E-state index contributed by atoms with van der Waals surface area (Å²) in [5.74, 6) is -0.473. The van der Waals surface area contributed by atoms with Gasteiger partial charge in [-0.05, 0) is 5.92 Å². The summed E-state index contributed by atoms with van der Waals surface area (Å²) < 4.78 is 0. The molecule has 0 aliphatic heterocycles. The molecule has 6 nitrogen and oxygen atoms in total. The fourth-order valence-corrected chi connectivity index (χ4v) is 1.96. The lowest BCUT2D eigenvalue weighted by Gasteiger charge is -2.15. The molecular weight excluding hydrogens is 335 g/mol. The van der Waals surface area contributed by atoms with Crippen molar-refractivity contribution in [2.24, 2.45) is 11.7 Å². The summed E-state index contributed by atoms with van der Waals surface area (Å²) in [6.45, 7) is 4.19. The van der Waals surface area contributed by atoms with E-state index >= 15 is 0 Å². The molecule has 0 fully saturated rings. The van der Waals surface area contributed by atoms with Gasteiger partial charge in [0.1, 0.15) is 0 Å². The monoisotopic (exact) mass is 356 g/mol. The molecule has 122 valence electrons. The Balaban J connectivity index is 0. The third kappa shape index (κ3) is 8.87. The molecule has 1 aromatic heterocycles. The highest BCUT2D eigenvalue weighted by Gasteiger charge is 2.17. The highest BCUT2D eigenvalue weighted by molar-refractivity contribution is 7.09. The Morgan fingerprint density at radius 3 is 2.52 bits per heavy atom. The van der Waals surface area contributed by atoms with Gasteiger partial charge in [-0.15, -0.1) is 36.2 Å². The molecule has 0 aliphatic rings. The number of carbonyl (C=O) groups is 2. The summed E-state index contributed by atoms with van der Waals surface area (Å²) in [5, 5.41) is 8.11. The standard InChI is InChI=1S/C12H20N4O2S.2ClH/c1-8(2)11(13)12(18)16-7-9(17)14-4-3-10-15-5-6-19-10;;/h5-6,8,11H,3-4,7,13H2,1-2H3,(H,14,17)(H,16,18);2*1H/t11-;;/m0../s1. The van der Waals surface area contributed by atoms with E-state index in [1.807, 2.05) is 19.2 Å². The molecule has 0 saturated carbocycles. The number of hydrogen-bond acceptors (Lipinski definition) is 5.